The molecule has 0 amide bonds. The van der Waals surface area contributed by atoms with Crippen molar-refractivity contribution in [2.45, 2.75) is 31.6 Å². The number of halogens is 4. The van der Waals surface area contributed by atoms with E-state index in [1.54, 1.807) is 0 Å². The topological polar surface area (TPSA) is 64.2 Å². The van der Waals surface area contributed by atoms with E-state index in [1.165, 1.54) is 6.20 Å². The van der Waals surface area contributed by atoms with Gasteiger partial charge in [-0.1, -0.05) is 0 Å². The summed E-state index contributed by atoms with van der Waals surface area (Å²) in [5.74, 6) is 0. The predicted octanol–water partition coefficient (Wildman–Crippen LogP) is 1.50. The van der Waals surface area contributed by atoms with Crippen LogP contribution in [0.15, 0.2) is 15.5 Å². The molecule has 0 atom stereocenters. The molecule has 2 heterocycles. The van der Waals surface area contributed by atoms with Crippen molar-refractivity contribution in [3.8, 4) is 0 Å². The van der Waals surface area contributed by atoms with Crippen molar-refractivity contribution in [2.24, 2.45) is 5.73 Å². The highest BCUT2D eigenvalue weighted by molar-refractivity contribution is 9.10. The minimum absolute atomic E-state index is 0.104. The zero-order chi connectivity index (χ0) is 14.9. The number of anilines is 1. The summed E-state index contributed by atoms with van der Waals surface area (Å²) >= 11 is 3.08. The van der Waals surface area contributed by atoms with Gasteiger partial charge in [0.05, 0.1) is 11.9 Å². The average molecular weight is 355 g/mol. The Kier molecular flexibility index (Phi) is 4.38. The molecule has 0 aromatic carbocycles. The maximum atomic E-state index is 12.3. The number of nitrogens with zero attached hydrogens (tertiary/aromatic N) is 3. The van der Waals surface area contributed by atoms with Crippen molar-refractivity contribution in [1.82, 2.24) is 9.78 Å². The number of hydrogen-bond acceptors (Lipinski definition) is 4. The highest BCUT2D eigenvalue weighted by Gasteiger charge is 2.30. The Balaban J connectivity index is 2.25. The van der Waals surface area contributed by atoms with E-state index in [0.29, 0.717) is 23.5 Å². The van der Waals surface area contributed by atoms with Crippen molar-refractivity contribution in [1.29, 1.82) is 0 Å². The summed E-state index contributed by atoms with van der Waals surface area (Å²) in [6.07, 6.45) is -1.64. The van der Waals surface area contributed by atoms with Crippen LogP contribution < -0.4 is 16.2 Å². The molecule has 9 heteroatoms. The molecular formula is C11H14BrF3N4O. The van der Waals surface area contributed by atoms with E-state index >= 15 is 0 Å². The molecule has 112 valence electrons. The standard InChI is InChI=1S/C11H14BrF3N4O/c12-9-8(18-3-1-7(16)2-4-18)5-17-19(10(9)20)6-11(13,14)15/h5,7H,1-4,6,16H2. The van der Waals surface area contributed by atoms with Gasteiger partial charge in [0.2, 0.25) is 0 Å². The Labute approximate surface area is 121 Å². The van der Waals surface area contributed by atoms with Crippen LogP contribution in [0.25, 0.3) is 0 Å². The van der Waals surface area contributed by atoms with Gasteiger partial charge in [-0.3, -0.25) is 4.79 Å². The Bertz CT molecular complexity index is 537. The molecule has 0 bridgehead atoms. The van der Waals surface area contributed by atoms with Gasteiger partial charge >= 0.3 is 6.18 Å². The Morgan fingerprint density at radius 2 is 2.00 bits per heavy atom. The number of nitrogens with two attached hydrogens (primary N) is 1. The molecule has 1 aliphatic heterocycles. The van der Waals surface area contributed by atoms with E-state index < -0.39 is 18.3 Å². The fourth-order valence-corrected chi connectivity index (χ4v) is 2.66. The molecule has 1 saturated heterocycles. The monoisotopic (exact) mass is 354 g/mol. The largest absolute Gasteiger partial charge is 0.408 e. The molecule has 0 unspecified atom stereocenters. The van der Waals surface area contributed by atoms with E-state index in [9.17, 15) is 18.0 Å². The van der Waals surface area contributed by atoms with Crippen molar-refractivity contribution in [3.05, 3.63) is 21.0 Å². The molecule has 20 heavy (non-hydrogen) atoms. The van der Waals surface area contributed by atoms with Crippen LogP contribution in [0, 0.1) is 0 Å². The van der Waals surface area contributed by atoms with Gasteiger partial charge in [0, 0.05) is 19.1 Å². The van der Waals surface area contributed by atoms with Crippen LogP contribution in [-0.2, 0) is 6.54 Å². The van der Waals surface area contributed by atoms with Crippen molar-refractivity contribution in [2.75, 3.05) is 18.0 Å². The Morgan fingerprint density at radius 3 is 2.55 bits per heavy atom. The van der Waals surface area contributed by atoms with Gasteiger partial charge < -0.3 is 10.6 Å². The minimum Gasteiger partial charge on any atom is -0.369 e. The third kappa shape index (κ3) is 3.51. The lowest BCUT2D eigenvalue weighted by molar-refractivity contribution is -0.143. The Hall–Kier alpha value is -1.09. The molecule has 1 aromatic heterocycles. The number of alkyl halides is 3. The first-order valence-electron chi connectivity index (χ1n) is 6.11. The van der Waals surface area contributed by atoms with Crippen molar-refractivity contribution in [3.63, 3.8) is 0 Å². The van der Waals surface area contributed by atoms with Gasteiger partial charge in [-0.25, -0.2) is 4.68 Å². The lowest BCUT2D eigenvalue weighted by Crippen LogP contribution is -2.41. The van der Waals surface area contributed by atoms with Gasteiger partial charge in [0.15, 0.2) is 0 Å². The van der Waals surface area contributed by atoms with Gasteiger partial charge in [-0.2, -0.15) is 18.3 Å². The third-order valence-corrected chi connectivity index (χ3v) is 3.92. The number of aromatic nitrogens is 2. The van der Waals surface area contributed by atoms with E-state index in [2.05, 4.69) is 21.0 Å². The van der Waals surface area contributed by atoms with Gasteiger partial charge in [-0.15, -0.1) is 0 Å². The number of hydrogen-bond donors (Lipinski definition) is 1. The first-order chi connectivity index (χ1) is 9.28. The van der Waals surface area contributed by atoms with Crippen LogP contribution in [-0.4, -0.2) is 35.1 Å². The molecule has 0 radical (unpaired) electrons. The lowest BCUT2D eigenvalue weighted by atomic mass is 10.1. The summed E-state index contributed by atoms with van der Waals surface area (Å²) in [5.41, 5.74) is 5.52. The van der Waals surface area contributed by atoms with Crippen LogP contribution >= 0.6 is 15.9 Å². The van der Waals surface area contributed by atoms with Gasteiger partial charge in [0.25, 0.3) is 5.56 Å². The predicted molar refractivity (Wildman–Crippen MR) is 71.7 cm³/mol. The third-order valence-electron chi connectivity index (χ3n) is 3.18. The summed E-state index contributed by atoms with van der Waals surface area (Å²) in [7, 11) is 0. The fourth-order valence-electron chi connectivity index (χ4n) is 2.10. The highest BCUT2D eigenvalue weighted by atomic mass is 79.9. The average Bonchev–Trinajstić information content (AvgIpc) is 2.35. The minimum atomic E-state index is -4.48. The zero-order valence-electron chi connectivity index (χ0n) is 10.5. The molecule has 0 saturated carbocycles. The van der Waals surface area contributed by atoms with Crippen LogP contribution in [0.3, 0.4) is 0 Å². The van der Waals surface area contributed by atoms with E-state index in [4.69, 9.17) is 5.73 Å². The smallest absolute Gasteiger partial charge is 0.369 e. The van der Waals surface area contributed by atoms with Crippen molar-refractivity contribution < 1.29 is 13.2 Å². The molecule has 0 aliphatic carbocycles. The van der Waals surface area contributed by atoms with Crippen LogP contribution in [0.2, 0.25) is 0 Å². The molecule has 5 nitrogen and oxygen atoms in total. The molecule has 1 aliphatic rings. The summed E-state index contributed by atoms with van der Waals surface area (Å²) < 4.78 is 37.4. The number of rotatable bonds is 2. The normalized spacial score (nSPS) is 17.6. The second kappa shape index (κ2) is 5.72. The summed E-state index contributed by atoms with van der Waals surface area (Å²) in [6, 6.07) is 0.128. The molecular weight excluding hydrogens is 341 g/mol. The van der Waals surface area contributed by atoms with Crippen LogP contribution in [0.1, 0.15) is 12.8 Å². The van der Waals surface area contributed by atoms with Gasteiger partial charge in [0.1, 0.15) is 11.0 Å². The van der Waals surface area contributed by atoms with E-state index in [0.717, 1.165) is 12.8 Å². The fraction of sp³-hybridized carbons (Fsp3) is 0.636. The first kappa shape index (κ1) is 15.3. The van der Waals surface area contributed by atoms with Crippen molar-refractivity contribution >= 4 is 21.6 Å². The number of piperidine rings is 1. The molecule has 1 aromatic rings. The second-order valence-electron chi connectivity index (χ2n) is 4.75. The SMILES string of the molecule is NC1CCN(c2cnn(CC(F)(F)F)c(=O)c2Br)CC1. The Morgan fingerprint density at radius 1 is 1.40 bits per heavy atom. The summed E-state index contributed by atoms with van der Waals surface area (Å²) in [6.45, 7) is -0.0794. The second-order valence-corrected chi connectivity index (χ2v) is 5.54. The quantitative estimate of drug-likeness (QED) is 0.873. The molecule has 1 fully saturated rings. The maximum absolute atomic E-state index is 12.3. The van der Waals surface area contributed by atoms with Crippen LogP contribution in [0.4, 0.5) is 18.9 Å². The van der Waals surface area contributed by atoms with E-state index in [1.807, 2.05) is 4.90 Å². The maximum Gasteiger partial charge on any atom is 0.408 e. The molecule has 2 N–H and O–H groups in total. The zero-order valence-corrected chi connectivity index (χ0v) is 12.1. The van der Waals surface area contributed by atoms with E-state index in [-0.39, 0.29) is 10.5 Å². The first-order valence-corrected chi connectivity index (χ1v) is 6.90. The summed E-state index contributed by atoms with van der Waals surface area (Å²) in [5, 5.41) is 3.60. The lowest BCUT2D eigenvalue weighted by Gasteiger charge is -2.32. The van der Waals surface area contributed by atoms with Gasteiger partial charge in [-0.05, 0) is 28.8 Å². The highest BCUT2D eigenvalue weighted by Crippen LogP contribution is 2.25. The summed E-state index contributed by atoms with van der Waals surface area (Å²) in [4.78, 5) is 13.8. The molecule has 2 rings (SSSR count). The van der Waals surface area contributed by atoms with Crippen LogP contribution in [0.5, 0.6) is 0 Å². The molecule has 0 spiro atoms.